The van der Waals surface area contributed by atoms with Crippen LogP contribution < -0.4 is 10.6 Å². The third-order valence-electron chi connectivity index (χ3n) is 5.17. The average Bonchev–Trinajstić information content (AvgIpc) is 3.40. The summed E-state index contributed by atoms with van der Waals surface area (Å²) >= 11 is 1.67. The summed E-state index contributed by atoms with van der Waals surface area (Å²) in [5.41, 5.74) is 0. The molecule has 0 spiro atoms. The number of rotatable bonds is 9. The van der Waals surface area contributed by atoms with Gasteiger partial charge >= 0.3 is 6.18 Å². The Kier molecular flexibility index (Phi) is 8.62. The molecule has 0 atom stereocenters. The van der Waals surface area contributed by atoms with Crippen molar-refractivity contribution in [2.45, 2.75) is 38.4 Å². The molecular weight excluding hydrogens is 413 g/mol. The molecule has 0 bridgehead atoms. The third-order valence-corrected chi connectivity index (χ3v) is 6.03. The first-order valence-electron chi connectivity index (χ1n) is 10.3. The fourth-order valence-corrected chi connectivity index (χ4v) is 4.20. The molecule has 0 unspecified atom stereocenters. The highest BCUT2D eigenvalue weighted by molar-refractivity contribution is 7.09. The maximum atomic E-state index is 12.5. The minimum absolute atomic E-state index is 0.448. The highest BCUT2D eigenvalue weighted by atomic mass is 32.1. The van der Waals surface area contributed by atoms with Crippen LogP contribution in [0.2, 0.25) is 0 Å². The molecule has 0 aliphatic carbocycles. The number of furan rings is 1. The number of thiophene rings is 1. The second-order valence-electron chi connectivity index (χ2n) is 7.55. The molecule has 9 heteroatoms. The predicted molar refractivity (Wildman–Crippen MR) is 114 cm³/mol. The van der Waals surface area contributed by atoms with Crippen LogP contribution in [-0.4, -0.2) is 49.8 Å². The lowest BCUT2D eigenvalue weighted by atomic mass is 9.93. The van der Waals surface area contributed by atoms with Gasteiger partial charge in [-0.2, -0.15) is 13.2 Å². The fourth-order valence-electron chi connectivity index (χ4n) is 3.57. The zero-order chi connectivity index (χ0) is 21.2. The zero-order valence-electron chi connectivity index (χ0n) is 17.0. The van der Waals surface area contributed by atoms with Crippen molar-refractivity contribution in [2.24, 2.45) is 10.9 Å². The Labute approximate surface area is 179 Å². The van der Waals surface area contributed by atoms with Crippen molar-refractivity contribution in [2.75, 3.05) is 32.7 Å². The lowest BCUT2D eigenvalue weighted by Gasteiger charge is -2.32. The van der Waals surface area contributed by atoms with Crippen LogP contribution in [0.4, 0.5) is 13.2 Å². The fraction of sp³-hybridized carbons (Fsp3) is 0.571. The van der Waals surface area contributed by atoms with Crippen molar-refractivity contribution in [3.05, 3.63) is 46.5 Å². The monoisotopic (exact) mass is 442 g/mol. The average molecular weight is 443 g/mol. The molecule has 0 aromatic carbocycles. The van der Waals surface area contributed by atoms with Gasteiger partial charge < -0.3 is 15.1 Å². The van der Waals surface area contributed by atoms with Crippen LogP contribution in [0.3, 0.4) is 0 Å². The number of alkyl halides is 3. The van der Waals surface area contributed by atoms with Crippen molar-refractivity contribution in [1.29, 1.82) is 0 Å². The SMILES string of the molecule is FC(F)(F)CN1CCC(CCNC(=NCc2cccs2)NCCc2ccco2)CC1. The molecule has 0 amide bonds. The van der Waals surface area contributed by atoms with Crippen LogP contribution >= 0.6 is 11.3 Å². The van der Waals surface area contributed by atoms with E-state index in [2.05, 4.69) is 21.7 Å². The first kappa shape index (κ1) is 22.7. The highest BCUT2D eigenvalue weighted by Crippen LogP contribution is 2.24. The lowest BCUT2D eigenvalue weighted by Crippen LogP contribution is -2.42. The van der Waals surface area contributed by atoms with E-state index in [1.807, 2.05) is 23.6 Å². The normalized spacial score (nSPS) is 16.7. The first-order chi connectivity index (χ1) is 14.5. The molecule has 5 nitrogen and oxygen atoms in total. The summed E-state index contributed by atoms with van der Waals surface area (Å²) in [5, 5.41) is 8.75. The lowest BCUT2D eigenvalue weighted by molar-refractivity contribution is -0.148. The molecule has 1 aliphatic heterocycles. The number of nitrogens with one attached hydrogen (secondary N) is 2. The van der Waals surface area contributed by atoms with Crippen LogP contribution in [0.5, 0.6) is 0 Å². The van der Waals surface area contributed by atoms with E-state index >= 15 is 0 Å². The van der Waals surface area contributed by atoms with E-state index in [1.54, 1.807) is 17.6 Å². The zero-order valence-corrected chi connectivity index (χ0v) is 17.8. The Balaban J connectivity index is 1.40. The number of likely N-dealkylation sites (tertiary alicyclic amines) is 1. The summed E-state index contributed by atoms with van der Waals surface area (Å²) in [5.74, 6) is 2.12. The van der Waals surface area contributed by atoms with Gasteiger partial charge in [0.2, 0.25) is 0 Å². The molecule has 0 radical (unpaired) electrons. The maximum Gasteiger partial charge on any atom is 0.401 e. The van der Waals surface area contributed by atoms with Gasteiger partial charge in [0.25, 0.3) is 0 Å². The molecule has 2 aromatic rings. The second-order valence-corrected chi connectivity index (χ2v) is 8.58. The number of aliphatic imine (C=N–C) groups is 1. The van der Waals surface area contributed by atoms with E-state index < -0.39 is 12.7 Å². The molecule has 0 saturated carbocycles. The van der Waals surface area contributed by atoms with E-state index in [1.165, 1.54) is 9.78 Å². The summed E-state index contributed by atoms with van der Waals surface area (Å²) < 4.78 is 42.9. The molecule has 1 aliphatic rings. The van der Waals surface area contributed by atoms with Crippen molar-refractivity contribution in [3.63, 3.8) is 0 Å². The van der Waals surface area contributed by atoms with Crippen molar-refractivity contribution in [3.8, 4) is 0 Å². The van der Waals surface area contributed by atoms with Crippen LogP contribution in [0.25, 0.3) is 0 Å². The summed E-state index contributed by atoms with van der Waals surface area (Å²) in [4.78, 5) is 7.36. The van der Waals surface area contributed by atoms with E-state index in [9.17, 15) is 13.2 Å². The maximum absolute atomic E-state index is 12.5. The molecule has 1 fully saturated rings. The van der Waals surface area contributed by atoms with Gasteiger partial charge in [-0.1, -0.05) is 6.07 Å². The Morgan fingerprint density at radius 1 is 1.17 bits per heavy atom. The molecule has 2 aromatic heterocycles. The Morgan fingerprint density at radius 3 is 2.63 bits per heavy atom. The molecule has 166 valence electrons. The Hall–Kier alpha value is -2.00. The molecular formula is C21H29F3N4OS. The van der Waals surface area contributed by atoms with E-state index in [-0.39, 0.29) is 0 Å². The number of hydrogen-bond donors (Lipinski definition) is 2. The minimum Gasteiger partial charge on any atom is -0.469 e. The van der Waals surface area contributed by atoms with Gasteiger partial charge in [-0.05, 0) is 61.8 Å². The second kappa shape index (κ2) is 11.4. The predicted octanol–water partition coefficient (Wildman–Crippen LogP) is 4.28. The number of hydrogen-bond acceptors (Lipinski definition) is 4. The van der Waals surface area contributed by atoms with Crippen molar-refractivity contribution in [1.82, 2.24) is 15.5 Å². The van der Waals surface area contributed by atoms with Crippen LogP contribution in [0.15, 0.2) is 45.3 Å². The third kappa shape index (κ3) is 8.39. The van der Waals surface area contributed by atoms with Crippen LogP contribution in [0.1, 0.15) is 29.9 Å². The smallest absolute Gasteiger partial charge is 0.401 e. The van der Waals surface area contributed by atoms with Gasteiger partial charge in [-0.3, -0.25) is 4.90 Å². The standard InChI is InChI=1S/C21H29F3N4OS/c22-21(23,24)16-28-11-7-17(8-12-28)5-9-25-20(27-15-19-4-2-14-30-19)26-10-6-18-3-1-13-29-18/h1-4,13-14,17H,5-12,15-16H2,(H2,25,26,27). The van der Waals surface area contributed by atoms with Gasteiger partial charge in [0.1, 0.15) is 5.76 Å². The summed E-state index contributed by atoms with van der Waals surface area (Å²) in [6, 6.07) is 7.89. The topological polar surface area (TPSA) is 52.8 Å². The molecule has 3 heterocycles. The molecule has 3 rings (SSSR count). The van der Waals surface area contributed by atoms with Crippen molar-refractivity contribution < 1.29 is 17.6 Å². The van der Waals surface area contributed by atoms with Crippen molar-refractivity contribution >= 4 is 17.3 Å². The van der Waals surface area contributed by atoms with Gasteiger partial charge in [-0.15, -0.1) is 11.3 Å². The van der Waals surface area contributed by atoms with Gasteiger partial charge in [-0.25, -0.2) is 4.99 Å². The Bertz CT molecular complexity index is 739. The van der Waals surface area contributed by atoms with Crippen LogP contribution in [-0.2, 0) is 13.0 Å². The van der Waals surface area contributed by atoms with E-state index in [0.29, 0.717) is 32.1 Å². The summed E-state index contributed by atoms with van der Waals surface area (Å²) in [6.45, 7) is 2.32. The number of halogens is 3. The first-order valence-corrected chi connectivity index (χ1v) is 11.2. The quantitative estimate of drug-likeness (QED) is 0.450. The Morgan fingerprint density at radius 2 is 1.97 bits per heavy atom. The van der Waals surface area contributed by atoms with Gasteiger partial charge in [0.05, 0.1) is 19.4 Å². The largest absolute Gasteiger partial charge is 0.469 e. The molecule has 30 heavy (non-hydrogen) atoms. The molecule has 1 saturated heterocycles. The number of nitrogens with zero attached hydrogens (tertiary/aromatic N) is 2. The number of guanidine groups is 1. The van der Waals surface area contributed by atoms with Crippen LogP contribution in [0, 0.1) is 5.92 Å². The van der Waals surface area contributed by atoms with Gasteiger partial charge in [0.15, 0.2) is 5.96 Å². The van der Waals surface area contributed by atoms with E-state index in [4.69, 9.17) is 4.42 Å². The highest BCUT2D eigenvalue weighted by Gasteiger charge is 2.32. The summed E-state index contributed by atoms with van der Waals surface area (Å²) in [7, 11) is 0. The van der Waals surface area contributed by atoms with E-state index in [0.717, 1.165) is 43.9 Å². The minimum atomic E-state index is -4.11. The molecule has 2 N–H and O–H groups in total. The number of piperidine rings is 1. The van der Waals surface area contributed by atoms with Gasteiger partial charge in [0, 0.05) is 24.4 Å². The summed E-state index contributed by atoms with van der Waals surface area (Å²) in [6.07, 6.45) is 0.877.